The van der Waals surface area contributed by atoms with Gasteiger partial charge in [-0.2, -0.15) is 17.6 Å². The number of halogens is 4. The Morgan fingerprint density at radius 1 is 1.09 bits per heavy atom. The summed E-state index contributed by atoms with van der Waals surface area (Å²) in [7, 11) is 0. The van der Waals surface area contributed by atoms with E-state index < -0.39 is 13.2 Å². The van der Waals surface area contributed by atoms with Crippen LogP contribution in [0.4, 0.5) is 17.6 Å². The molecule has 1 heterocycles. The summed E-state index contributed by atoms with van der Waals surface area (Å²) in [6.07, 6.45) is 3.36. The molecule has 3 fully saturated rings. The molecule has 0 unspecified atom stereocenters. The first-order chi connectivity index (χ1) is 10.9. The zero-order valence-electron chi connectivity index (χ0n) is 13.0. The van der Waals surface area contributed by atoms with Crippen LogP contribution in [0.2, 0.25) is 0 Å². The Bertz CT molecular complexity index is 386. The van der Waals surface area contributed by atoms with Crippen molar-refractivity contribution in [3.05, 3.63) is 0 Å². The van der Waals surface area contributed by atoms with Crippen LogP contribution in [0.25, 0.3) is 0 Å². The molecule has 1 aliphatic heterocycles. The Hall–Kier alpha value is -0.440. The van der Waals surface area contributed by atoms with Gasteiger partial charge in [0.1, 0.15) is 0 Å². The molecular formula is C15H24F4N2O2. The molecule has 1 atom stereocenters. The molecule has 0 radical (unpaired) electrons. The van der Waals surface area contributed by atoms with Crippen molar-refractivity contribution in [1.29, 1.82) is 0 Å². The highest BCUT2D eigenvalue weighted by Crippen LogP contribution is 2.59. The molecule has 2 saturated carbocycles. The monoisotopic (exact) mass is 340 g/mol. The molecule has 8 heteroatoms. The molecule has 0 aromatic carbocycles. The van der Waals surface area contributed by atoms with E-state index in [1.165, 1.54) is 0 Å². The van der Waals surface area contributed by atoms with Crippen LogP contribution in [0.3, 0.4) is 0 Å². The number of nitrogens with zero attached hydrogens (tertiary/aromatic N) is 1. The van der Waals surface area contributed by atoms with Crippen LogP contribution in [-0.2, 0) is 9.47 Å². The molecule has 0 aromatic rings. The third-order valence-electron chi connectivity index (χ3n) is 5.34. The normalized spacial score (nSPS) is 38.1. The van der Waals surface area contributed by atoms with Gasteiger partial charge >= 0.3 is 13.2 Å². The zero-order chi connectivity index (χ0) is 16.4. The maximum Gasteiger partial charge on any atom is 0.345 e. The maximum absolute atomic E-state index is 12.1. The second kappa shape index (κ2) is 7.21. The van der Waals surface area contributed by atoms with Gasteiger partial charge in [-0.05, 0) is 37.0 Å². The van der Waals surface area contributed by atoms with E-state index >= 15 is 0 Å². The number of ether oxygens (including phenoxy) is 2. The van der Waals surface area contributed by atoms with E-state index in [1.807, 2.05) is 0 Å². The molecule has 4 nitrogen and oxygen atoms in total. The Kier molecular flexibility index (Phi) is 5.45. The first-order valence-electron chi connectivity index (χ1n) is 8.23. The highest BCUT2D eigenvalue weighted by atomic mass is 19.3. The summed E-state index contributed by atoms with van der Waals surface area (Å²) in [5, 5.41) is 3.19. The van der Waals surface area contributed by atoms with Crippen molar-refractivity contribution >= 4 is 0 Å². The topological polar surface area (TPSA) is 33.7 Å². The molecule has 0 aromatic heterocycles. The Labute approximate surface area is 133 Å². The van der Waals surface area contributed by atoms with Crippen LogP contribution in [0.1, 0.15) is 25.7 Å². The molecule has 0 bridgehead atoms. The van der Waals surface area contributed by atoms with Crippen molar-refractivity contribution in [2.45, 2.75) is 51.1 Å². The summed E-state index contributed by atoms with van der Waals surface area (Å²) in [6.45, 7) is -2.01. The molecule has 2 aliphatic carbocycles. The Balaban J connectivity index is 1.32. The molecular weight excluding hydrogens is 316 g/mol. The lowest BCUT2D eigenvalue weighted by molar-refractivity contribution is -0.227. The fraction of sp³-hybridized carbons (Fsp3) is 1.00. The van der Waals surface area contributed by atoms with Crippen LogP contribution in [-0.4, -0.2) is 63.1 Å². The molecule has 1 saturated heterocycles. The van der Waals surface area contributed by atoms with Gasteiger partial charge in [-0.15, -0.1) is 0 Å². The minimum absolute atomic E-state index is 0.0232. The average molecular weight is 340 g/mol. The van der Waals surface area contributed by atoms with Gasteiger partial charge in [-0.25, -0.2) is 0 Å². The van der Waals surface area contributed by atoms with Gasteiger partial charge in [-0.3, -0.25) is 0 Å². The summed E-state index contributed by atoms with van der Waals surface area (Å²) in [6, 6.07) is -0.0562. The second-order valence-corrected chi connectivity index (χ2v) is 7.21. The van der Waals surface area contributed by atoms with Gasteiger partial charge in [0, 0.05) is 32.2 Å². The lowest BCUT2D eigenvalue weighted by Gasteiger charge is -2.58. The molecule has 134 valence electrons. The molecule has 3 rings (SSSR count). The fourth-order valence-corrected chi connectivity index (χ4v) is 4.50. The van der Waals surface area contributed by atoms with Crippen LogP contribution >= 0.6 is 0 Å². The SMILES string of the molecule is FC(F)OC[C@@H]1CN(CC2CC3(C2)CC(OC(F)F)C3)CCN1. The van der Waals surface area contributed by atoms with Crippen molar-refractivity contribution in [1.82, 2.24) is 10.2 Å². The quantitative estimate of drug-likeness (QED) is 0.721. The van der Waals surface area contributed by atoms with Gasteiger partial charge < -0.3 is 19.7 Å². The number of nitrogens with one attached hydrogen (secondary N) is 1. The fourth-order valence-electron chi connectivity index (χ4n) is 4.50. The first-order valence-corrected chi connectivity index (χ1v) is 8.23. The number of alkyl halides is 4. The summed E-state index contributed by atoms with van der Waals surface area (Å²) < 4.78 is 57.3. The molecule has 23 heavy (non-hydrogen) atoms. The van der Waals surface area contributed by atoms with E-state index in [-0.39, 0.29) is 24.2 Å². The lowest BCUT2D eigenvalue weighted by atomic mass is 9.50. The number of piperazine rings is 1. The molecule has 1 N–H and O–H groups in total. The molecule has 1 spiro atoms. The standard InChI is InChI=1S/C15H24F4N2O2/c16-13(17)22-9-11-8-21(2-1-20-11)7-10-3-15(4-10)5-12(6-15)23-14(18)19/h10-14,20H,1-9H2/t10?,11-,12?,15?/m0/s1. The van der Waals surface area contributed by atoms with Crippen LogP contribution in [0, 0.1) is 11.3 Å². The van der Waals surface area contributed by atoms with Crippen LogP contribution in [0.5, 0.6) is 0 Å². The summed E-state index contributed by atoms with van der Waals surface area (Å²) >= 11 is 0. The largest absolute Gasteiger partial charge is 0.345 e. The predicted octanol–water partition coefficient (Wildman–Crippen LogP) is 2.30. The van der Waals surface area contributed by atoms with E-state index in [0.29, 0.717) is 12.5 Å². The van der Waals surface area contributed by atoms with E-state index in [2.05, 4.69) is 19.7 Å². The van der Waals surface area contributed by atoms with Gasteiger partial charge in [0.05, 0.1) is 12.7 Å². The van der Waals surface area contributed by atoms with Crippen molar-refractivity contribution in [2.24, 2.45) is 11.3 Å². The van der Waals surface area contributed by atoms with Gasteiger partial charge in [0.25, 0.3) is 0 Å². The van der Waals surface area contributed by atoms with Crippen molar-refractivity contribution in [3.8, 4) is 0 Å². The minimum atomic E-state index is -2.72. The second-order valence-electron chi connectivity index (χ2n) is 7.21. The highest BCUT2D eigenvalue weighted by Gasteiger charge is 2.53. The van der Waals surface area contributed by atoms with Crippen molar-refractivity contribution in [2.75, 3.05) is 32.8 Å². The average Bonchev–Trinajstić information content (AvgIpc) is 2.40. The first kappa shape index (κ1) is 17.4. The zero-order valence-corrected chi connectivity index (χ0v) is 13.0. The van der Waals surface area contributed by atoms with Crippen molar-refractivity contribution in [3.63, 3.8) is 0 Å². The third-order valence-corrected chi connectivity index (χ3v) is 5.34. The van der Waals surface area contributed by atoms with Crippen LogP contribution < -0.4 is 5.32 Å². The van der Waals surface area contributed by atoms with Gasteiger partial charge in [0.15, 0.2) is 0 Å². The lowest BCUT2D eigenvalue weighted by Crippen LogP contribution is -2.57. The predicted molar refractivity (Wildman–Crippen MR) is 75.5 cm³/mol. The molecule has 3 aliphatic rings. The van der Waals surface area contributed by atoms with E-state index in [1.54, 1.807) is 0 Å². The summed E-state index contributed by atoms with van der Waals surface area (Å²) in [5.41, 5.74) is 0.233. The Morgan fingerprint density at radius 2 is 1.83 bits per heavy atom. The highest BCUT2D eigenvalue weighted by molar-refractivity contribution is 5.04. The summed E-state index contributed by atoms with van der Waals surface area (Å²) in [5.74, 6) is 0.581. The maximum atomic E-state index is 12.1. The number of hydrogen-bond donors (Lipinski definition) is 1. The van der Waals surface area contributed by atoms with E-state index in [0.717, 1.165) is 45.3 Å². The third kappa shape index (κ3) is 4.55. The van der Waals surface area contributed by atoms with Gasteiger partial charge in [0.2, 0.25) is 0 Å². The van der Waals surface area contributed by atoms with E-state index in [4.69, 9.17) is 0 Å². The molecule has 0 amide bonds. The number of hydrogen-bond acceptors (Lipinski definition) is 4. The Morgan fingerprint density at radius 3 is 2.48 bits per heavy atom. The van der Waals surface area contributed by atoms with Crippen LogP contribution in [0.15, 0.2) is 0 Å². The minimum Gasteiger partial charge on any atom is -0.321 e. The summed E-state index contributed by atoms with van der Waals surface area (Å²) in [4.78, 5) is 2.29. The van der Waals surface area contributed by atoms with Gasteiger partial charge in [-0.1, -0.05) is 0 Å². The smallest absolute Gasteiger partial charge is 0.321 e. The van der Waals surface area contributed by atoms with E-state index in [9.17, 15) is 17.6 Å². The number of rotatable bonds is 7. The van der Waals surface area contributed by atoms with Crippen molar-refractivity contribution < 1.29 is 27.0 Å².